The predicted octanol–water partition coefficient (Wildman–Crippen LogP) is 23.4. The molecule has 0 atom stereocenters. The van der Waals surface area contributed by atoms with Crippen molar-refractivity contribution in [1.82, 2.24) is 115 Å². The maximum Gasteiger partial charge on any atom is 0.232 e. The summed E-state index contributed by atoms with van der Waals surface area (Å²) in [4.78, 5) is 101. The SMILES string of the molecule is CC(C)Nc1nc(Nc2ccccc2)nc(-c2cc(Cl)ccn2)n1.CC(C)Nc1nc(Nc2ccccc2)nc(-c2cccc(Cl)n2)n1.CC(C)Nc1nc(Nc2ccncc2)nc(-c2ccccc2Cl)n1.CC(C)Nc1nc(Nc2ccncc2)nc(-c2ccccc2F)n1.CCNc1cc(Nc2nc(NC(C)C)nc(-c3ccccc3)n2)ccn1.COCCNc1nc(Nc2ccccc2)nc(-c2ccccc2)n1. The molecule has 11 heterocycles. The van der Waals surface area contributed by atoms with E-state index in [-0.39, 0.29) is 41.9 Å². The Morgan fingerprint density at radius 1 is 0.281 bits per heavy atom. The van der Waals surface area contributed by atoms with E-state index in [9.17, 15) is 4.39 Å². The van der Waals surface area contributed by atoms with Crippen LogP contribution >= 0.6 is 34.8 Å². The summed E-state index contributed by atoms with van der Waals surface area (Å²) in [5, 5.41) is 42.9. The first-order chi connectivity index (χ1) is 70.9. The van der Waals surface area contributed by atoms with E-state index in [2.05, 4.69) is 184 Å². The molecule has 0 unspecified atom stereocenters. The summed E-state index contributed by atoms with van der Waals surface area (Å²) in [6.45, 7) is 24.2. The van der Waals surface area contributed by atoms with Gasteiger partial charge >= 0.3 is 0 Å². The normalized spacial score (nSPS) is 10.6. The second kappa shape index (κ2) is 55.1. The Balaban J connectivity index is 0.000000147. The number of methoxy groups -OCH3 is 1. The Labute approximate surface area is 860 Å². The van der Waals surface area contributed by atoms with Gasteiger partial charge in [-0.2, -0.15) is 89.7 Å². The van der Waals surface area contributed by atoms with Gasteiger partial charge in [-0.25, -0.2) is 14.4 Å². The maximum atomic E-state index is 14.1. The van der Waals surface area contributed by atoms with E-state index < -0.39 is 0 Å². The van der Waals surface area contributed by atoms with E-state index in [0.29, 0.717) is 146 Å². The largest absolute Gasteiger partial charge is 0.383 e. The first-order valence-corrected chi connectivity index (χ1v) is 47.8. The lowest BCUT2D eigenvalue weighted by atomic mass is 10.2. The molecule has 0 bridgehead atoms. The average molecular weight is 2020 g/mol. The van der Waals surface area contributed by atoms with Gasteiger partial charge in [0.25, 0.3) is 0 Å². The Hall–Kier alpha value is -17.5. The van der Waals surface area contributed by atoms with Crippen LogP contribution in [-0.2, 0) is 4.74 Å². The van der Waals surface area contributed by atoms with Crippen molar-refractivity contribution in [2.75, 3.05) is 95.9 Å². The molecule has 0 saturated heterocycles. The van der Waals surface area contributed by atoms with E-state index >= 15 is 0 Å². The molecule has 0 aliphatic carbocycles. The van der Waals surface area contributed by atoms with Gasteiger partial charge < -0.3 is 73.9 Å². The highest BCUT2D eigenvalue weighted by Crippen LogP contribution is 2.32. The molecule has 0 aliphatic rings. The van der Waals surface area contributed by atoms with Gasteiger partial charge in [0.15, 0.2) is 34.9 Å². The minimum Gasteiger partial charge on any atom is -0.383 e. The summed E-state index contributed by atoms with van der Waals surface area (Å²) in [5.41, 5.74) is 9.33. The number of pyridine rings is 5. The lowest BCUT2D eigenvalue weighted by Gasteiger charge is -2.12. The zero-order valence-corrected chi connectivity index (χ0v) is 84.3. The third kappa shape index (κ3) is 35.0. The van der Waals surface area contributed by atoms with Crippen molar-refractivity contribution in [3.63, 3.8) is 0 Å². The van der Waals surface area contributed by atoms with Crippen LogP contribution in [0.15, 0.2) is 304 Å². The van der Waals surface area contributed by atoms with Gasteiger partial charge in [0.05, 0.1) is 17.2 Å². The minimum absolute atomic E-state index is 0.134. The fraction of sp³-hybridized carbons (Fsp3) is 0.190. The topological polar surface area (TPSA) is 462 Å². The lowest BCUT2D eigenvalue weighted by molar-refractivity contribution is 0.210. The summed E-state index contributed by atoms with van der Waals surface area (Å²) in [6.07, 6.45) is 10.1. The average Bonchev–Trinajstić information content (AvgIpc) is 0.841. The van der Waals surface area contributed by atoms with Gasteiger partial charge in [0.2, 0.25) is 71.4 Å². The summed E-state index contributed by atoms with van der Waals surface area (Å²) >= 11 is 18.3. The highest BCUT2D eigenvalue weighted by Gasteiger charge is 2.20. The van der Waals surface area contributed by atoms with Crippen LogP contribution in [0.3, 0.4) is 0 Å². The molecule has 7 aromatic carbocycles. The van der Waals surface area contributed by atoms with Gasteiger partial charge in [0, 0.05) is 149 Å². The number of para-hydroxylation sites is 3. The van der Waals surface area contributed by atoms with Crippen LogP contribution in [-0.4, -0.2) is 172 Å². The number of hydrogen-bond acceptors (Lipinski definition) is 37. The first-order valence-electron chi connectivity index (χ1n) is 46.7. The third-order valence-corrected chi connectivity index (χ3v) is 19.8. The molecular weight excluding hydrogens is 1910 g/mol. The zero-order valence-electron chi connectivity index (χ0n) is 82.1. The van der Waals surface area contributed by atoms with Crippen molar-refractivity contribution in [3.8, 4) is 68.6 Å². The lowest BCUT2D eigenvalue weighted by Crippen LogP contribution is -2.14. The molecule has 0 spiro atoms. The number of hydrogen-bond donors (Lipinski definition) is 13. The van der Waals surface area contributed by atoms with Crippen molar-refractivity contribution in [2.45, 2.75) is 106 Å². The molecule has 0 saturated carbocycles. The number of nitrogens with one attached hydrogen (secondary N) is 13. The second-order valence-corrected chi connectivity index (χ2v) is 34.2. The molecule has 744 valence electrons. The van der Waals surface area contributed by atoms with Crippen molar-refractivity contribution >= 4 is 146 Å². The van der Waals surface area contributed by atoms with Crippen LogP contribution in [0.2, 0.25) is 15.2 Å². The molecule has 18 aromatic rings. The molecule has 146 heavy (non-hydrogen) atoms. The Kier molecular flexibility index (Phi) is 39.9. The number of ether oxygens (including phenoxy) is 1. The summed E-state index contributed by atoms with van der Waals surface area (Å²) in [6, 6.07) is 83.5. The standard InChI is InChI=1S/C19H23N7.C18H19N5O.3C17H17ClN6.C17H17FN6/c1-4-20-16-12-15(10-11-21-16)23-19-25-17(14-8-6-5-7-9-14)24-18(26-19)22-13(2)3;1-24-13-12-19-17-21-16(14-8-4-2-5-9-14)22-18(23-17)20-15-10-6-3-7-11-15;1-11(2)19-16-22-15(13-9-6-10-14(18)21-13)23-17(24-16)20-12-7-4-3-5-8-12;1-11(2)20-16-22-15(13-5-3-4-6-14(13)18)23-17(24-16)21-12-7-9-19-10-8-12;1-11(2)20-16-22-15(14-10-12(18)8-9-19-14)23-17(24-16)21-13-6-4-3-5-7-13;1-11(2)20-16-22-15(13-5-3-4-6-14(13)18)23-17(24-16)21-12-7-9-19-10-8-12/h5-13H,4H2,1-3H3,(H3,20,21,22,23,24,25,26);2-11H,12-13H2,1H3,(H2,19,20,21,22,23);3-11H,1-2H3,(H2,19,20,22,23,24);3-11H,1-2H3,(H2,19,20,21,22,23,24);3-11H,1-2H3,(H2,20,21,22,23,24);3-11H,1-2H3,(H2,19,20,21,22,23,24). The molecule has 0 aliphatic heterocycles. The number of nitrogens with zero attached hydrogens (tertiary/aromatic N) is 23. The summed E-state index contributed by atoms with van der Waals surface area (Å²) < 4.78 is 19.1. The number of benzene rings is 7. The first kappa shape index (κ1) is 106. The second-order valence-electron chi connectivity index (χ2n) is 32.9. The Morgan fingerprint density at radius 3 is 1.03 bits per heavy atom. The van der Waals surface area contributed by atoms with E-state index in [4.69, 9.17) is 39.5 Å². The van der Waals surface area contributed by atoms with Crippen molar-refractivity contribution < 1.29 is 9.13 Å². The van der Waals surface area contributed by atoms with Gasteiger partial charge in [-0.15, -0.1) is 0 Å². The molecular formula is C105H110Cl3FN36O. The van der Waals surface area contributed by atoms with Crippen LogP contribution in [0.25, 0.3) is 68.6 Å². The third-order valence-electron chi connectivity index (χ3n) is 19.0. The molecule has 13 N–H and O–H groups in total. The highest BCUT2D eigenvalue weighted by atomic mass is 35.5. The molecule has 0 radical (unpaired) electrons. The van der Waals surface area contributed by atoms with Gasteiger partial charge in [-0.1, -0.05) is 180 Å². The molecule has 0 amide bonds. The zero-order chi connectivity index (χ0) is 103. The van der Waals surface area contributed by atoms with Gasteiger partial charge in [-0.05, 0) is 191 Å². The van der Waals surface area contributed by atoms with Crippen LogP contribution in [0.5, 0.6) is 0 Å². The van der Waals surface area contributed by atoms with Crippen LogP contribution in [0, 0.1) is 5.82 Å². The molecule has 18 rings (SSSR count). The van der Waals surface area contributed by atoms with Crippen LogP contribution < -0.4 is 69.1 Å². The number of halogens is 4. The summed E-state index contributed by atoms with van der Waals surface area (Å²) in [5.74, 6) is 8.86. The molecule has 41 heteroatoms. The smallest absolute Gasteiger partial charge is 0.232 e. The van der Waals surface area contributed by atoms with E-state index in [1.165, 1.54) is 6.07 Å². The minimum atomic E-state index is -0.381. The van der Waals surface area contributed by atoms with Crippen molar-refractivity contribution in [2.24, 2.45) is 0 Å². The fourth-order valence-corrected chi connectivity index (χ4v) is 13.3. The summed E-state index contributed by atoms with van der Waals surface area (Å²) in [7, 11) is 1.66. The quantitative estimate of drug-likeness (QED) is 0.0132. The van der Waals surface area contributed by atoms with Crippen molar-refractivity contribution in [3.05, 3.63) is 325 Å². The molecule has 11 aromatic heterocycles. The maximum absolute atomic E-state index is 14.1. The van der Waals surface area contributed by atoms with E-state index in [0.717, 1.165) is 63.2 Å². The monoisotopic (exact) mass is 2010 g/mol. The van der Waals surface area contributed by atoms with Gasteiger partial charge in [-0.3, -0.25) is 15.0 Å². The van der Waals surface area contributed by atoms with Gasteiger partial charge in [0.1, 0.15) is 28.2 Å². The van der Waals surface area contributed by atoms with Crippen LogP contribution in [0.4, 0.5) is 116 Å². The Bertz CT molecular complexity index is 6800. The Morgan fingerprint density at radius 2 is 0.616 bits per heavy atom. The molecule has 0 fully saturated rings. The number of rotatable bonds is 34. The van der Waals surface area contributed by atoms with E-state index in [1.54, 1.807) is 92.8 Å². The predicted molar refractivity (Wildman–Crippen MR) is 582 cm³/mol. The molecule has 37 nitrogen and oxygen atoms in total. The number of anilines is 19. The van der Waals surface area contributed by atoms with Crippen molar-refractivity contribution in [1.29, 1.82) is 0 Å². The van der Waals surface area contributed by atoms with Crippen LogP contribution in [0.1, 0.15) is 76.2 Å². The van der Waals surface area contributed by atoms with E-state index in [1.807, 2.05) is 288 Å². The number of aromatic nitrogens is 23. The highest BCUT2D eigenvalue weighted by molar-refractivity contribution is 6.33. The fourth-order valence-electron chi connectivity index (χ4n) is 12.8.